The third kappa shape index (κ3) is 5.55. The summed E-state index contributed by atoms with van der Waals surface area (Å²) in [7, 11) is 1.54. The number of hydrogen-bond acceptors (Lipinski definition) is 6. The molecule has 0 aliphatic carbocycles. The average molecular weight is 512 g/mol. The van der Waals surface area contributed by atoms with Crippen LogP contribution in [0.2, 0.25) is 5.02 Å². The van der Waals surface area contributed by atoms with Gasteiger partial charge in [0.25, 0.3) is 5.91 Å². The van der Waals surface area contributed by atoms with Crippen molar-refractivity contribution in [3.63, 3.8) is 0 Å². The molecule has 3 aromatic carbocycles. The zero-order chi connectivity index (χ0) is 24.1. The van der Waals surface area contributed by atoms with E-state index < -0.39 is 0 Å². The Hall–Kier alpha value is -3.00. The van der Waals surface area contributed by atoms with Crippen LogP contribution in [-0.2, 0) is 4.79 Å². The fourth-order valence-corrected chi connectivity index (χ4v) is 4.96. The molecular weight excluding hydrogens is 490 g/mol. The number of halogens is 1. The highest BCUT2D eigenvalue weighted by atomic mass is 35.5. The SMILES string of the molecule is COc1cc(C=C2SC(=S)N(c3ccccc3)C2=O)cc(Cl)c1OCCOc1cccc(C)c1. The zero-order valence-corrected chi connectivity index (χ0v) is 21.0. The van der Waals surface area contributed by atoms with E-state index in [1.165, 1.54) is 16.7 Å². The number of carbonyl (C=O) groups is 1. The molecule has 0 spiro atoms. The highest BCUT2D eigenvalue weighted by Crippen LogP contribution is 2.40. The van der Waals surface area contributed by atoms with Gasteiger partial charge in [0.15, 0.2) is 15.8 Å². The topological polar surface area (TPSA) is 48.0 Å². The smallest absolute Gasteiger partial charge is 0.270 e. The van der Waals surface area contributed by atoms with Gasteiger partial charge >= 0.3 is 0 Å². The summed E-state index contributed by atoms with van der Waals surface area (Å²) < 4.78 is 17.5. The van der Waals surface area contributed by atoms with Gasteiger partial charge in [-0.25, -0.2) is 0 Å². The van der Waals surface area contributed by atoms with Crippen LogP contribution in [0, 0.1) is 6.92 Å². The van der Waals surface area contributed by atoms with Crippen molar-refractivity contribution in [3.05, 3.63) is 87.8 Å². The van der Waals surface area contributed by atoms with Gasteiger partial charge in [-0.3, -0.25) is 9.69 Å². The first-order valence-electron chi connectivity index (χ1n) is 10.5. The van der Waals surface area contributed by atoms with Crippen molar-refractivity contribution in [1.29, 1.82) is 0 Å². The van der Waals surface area contributed by atoms with E-state index in [4.69, 9.17) is 38.0 Å². The van der Waals surface area contributed by atoms with Crippen molar-refractivity contribution in [2.45, 2.75) is 6.92 Å². The lowest BCUT2D eigenvalue weighted by atomic mass is 10.1. The minimum atomic E-state index is -0.176. The molecule has 1 saturated heterocycles. The maximum absolute atomic E-state index is 13.0. The van der Waals surface area contributed by atoms with Crippen LogP contribution in [0.25, 0.3) is 6.08 Å². The van der Waals surface area contributed by atoms with Gasteiger partial charge in [-0.15, -0.1) is 0 Å². The van der Waals surface area contributed by atoms with Crippen molar-refractivity contribution in [2.75, 3.05) is 25.2 Å². The second-order valence-electron chi connectivity index (χ2n) is 7.40. The maximum Gasteiger partial charge on any atom is 0.270 e. The Morgan fingerprint density at radius 1 is 1.03 bits per heavy atom. The zero-order valence-electron chi connectivity index (χ0n) is 18.6. The molecule has 0 atom stereocenters. The number of carbonyl (C=O) groups excluding carboxylic acids is 1. The molecule has 3 aromatic rings. The fourth-order valence-electron chi connectivity index (χ4n) is 3.39. The lowest BCUT2D eigenvalue weighted by Crippen LogP contribution is -2.27. The molecule has 8 heteroatoms. The van der Waals surface area contributed by atoms with Crippen LogP contribution >= 0.6 is 35.6 Å². The van der Waals surface area contributed by atoms with Gasteiger partial charge in [-0.2, -0.15) is 0 Å². The van der Waals surface area contributed by atoms with E-state index in [9.17, 15) is 4.79 Å². The number of thiocarbonyl (C=S) groups is 1. The molecule has 0 bridgehead atoms. The Bertz CT molecular complexity index is 1250. The summed E-state index contributed by atoms with van der Waals surface area (Å²) in [5, 5.41) is 0.375. The molecule has 0 unspecified atom stereocenters. The number of para-hydroxylation sites is 1. The summed E-state index contributed by atoms with van der Waals surface area (Å²) in [6, 6.07) is 20.6. The summed E-state index contributed by atoms with van der Waals surface area (Å²) in [6.07, 6.45) is 1.75. The minimum absolute atomic E-state index is 0.176. The molecule has 174 valence electrons. The molecule has 1 heterocycles. The van der Waals surface area contributed by atoms with Crippen LogP contribution in [0.4, 0.5) is 5.69 Å². The number of amides is 1. The minimum Gasteiger partial charge on any atom is -0.493 e. The van der Waals surface area contributed by atoms with Gasteiger partial charge in [0.05, 0.1) is 22.7 Å². The summed E-state index contributed by atoms with van der Waals surface area (Å²) in [5.74, 6) is 1.49. The standard InChI is InChI=1S/C26H22ClNO4S2/c1-17-7-6-10-20(13-17)31-11-12-32-24-21(27)14-18(15-22(24)30-2)16-23-25(29)28(26(33)34-23)19-8-4-3-5-9-19/h3-10,13-16H,11-12H2,1-2H3. The van der Waals surface area contributed by atoms with E-state index in [0.717, 1.165) is 17.0 Å². The first-order chi connectivity index (χ1) is 16.5. The number of thioether (sulfide) groups is 1. The Labute approximate surface area is 213 Å². The predicted molar refractivity (Wildman–Crippen MR) is 142 cm³/mol. The third-order valence-corrected chi connectivity index (χ3v) is 6.53. The van der Waals surface area contributed by atoms with Gasteiger partial charge in [-0.05, 0) is 60.5 Å². The molecule has 1 amide bonds. The molecule has 0 aromatic heterocycles. The lowest BCUT2D eigenvalue weighted by molar-refractivity contribution is -0.113. The Morgan fingerprint density at radius 2 is 1.79 bits per heavy atom. The molecule has 1 aliphatic rings. The molecule has 34 heavy (non-hydrogen) atoms. The van der Waals surface area contributed by atoms with E-state index in [-0.39, 0.29) is 5.91 Å². The largest absolute Gasteiger partial charge is 0.493 e. The Morgan fingerprint density at radius 3 is 2.53 bits per heavy atom. The lowest BCUT2D eigenvalue weighted by Gasteiger charge is -2.14. The first-order valence-corrected chi connectivity index (χ1v) is 12.1. The van der Waals surface area contributed by atoms with Crippen molar-refractivity contribution in [2.24, 2.45) is 0 Å². The normalized spacial score (nSPS) is 14.6. The number of hydrogen-bond donors (Lipinski definition) is 0. The quantitative estimate of drug-likeness (QED) is 0.195. The van der Waals surface area contributed by atoms with E-state index >= 15 is 0 Å². The number of rotatable bonds is 8. The van der Waals surface area contributed by atoms with Crippen LogP contribution in [0.15, 0.2) is 71.6 Å². The number of methoxy groups -OCH3 is 1. The van der Waals surface area contributed by atoms with E-state index in [2.05, 4.69) is 0 Å². The molecule has 4 rings (SSSR count). The number of anilines is 1. The third-order valence-electron chi connectivity index (χ3n) is 4.95. The second-order valence-corrected chi connectivity index (χ2v) is 9.48. The Balaban J connectivity index is 1.46. The van der Waals surface area contributed by atoms with Crippen molar-refractivity contribution in [3.8, 4) is 17.2 Å². The molecule has 0 N–H and O–H groups in total. The van der Waals surface area contributed by atoms with Crippen molar-refractivity contribution in [1.82, 2.24) is 0 Å². The van der Waals surface area contributed by atoms with Crippen LogP contribution in [-0.4, -0.2) is 30.6 Å². The highest BCUT2D eigenvalue weighted by molar-refractivity contribution is 8.27. The maximum atomic E-state index is 13.0. The first kappa shape index (κ1) is 24.1. The second kappa shape index (κ2) is 11.0. The van der Waals surface area contributed by atoms with Crippen LogP contribution < -0.4 is 19.1 Å². The summed E-state index contributed by atoms with van der Waals surface area (Å²) >= 11 is 13.2. The molecular formula is C26H22ClNO4S2. The summed E-state index contributed by atoms with van der Waals surface area (Å²) in [4.78, 5) is 15.0. The van der Waals surface area contributed by atoms with Crippen LogP contribution in [0.5, 0.6) is 17.2 Å². The van der Waals surface area contributed by atoms with Gasteiger partial charge in [-0.1, -0.05) is 65.9 Å². The molecule has 0 radical (unpaired) electrons. The van der Waals surface area contributed by atoms with Crippen LogP contribution in [0.3, 0.4) is 0 Å². The van der Waals surface area contributed by atoms with Gasteiger partial charge in [0.2, 0.25) is 0 Å². The average Bonchev–Trinajstić information content (AvgIpc) is 3.10. The number of benzene rings is 3. The number of ether oxygens (including phenoxy) is 3. The van der Waals surface area contributed by atoms with Crippen molar-refractivity contribution >= 4 is 57.6 Å². The molecule has 1 aliphatic heterocycles. The summed E-state index contributed by atoms with van der Waals surface area (Å²) in [5.41, 5.74) is 2.57. The predicted octanol–water partition coefficient (Wildman–Crippen LogP) is 6.52. The number of nitrogens with zero attached hydrogens (tertiary/aromatic N) is 1. The van der Waals surface area contributed by atoms with Gasteiger partial charge < -0.3 is 14.2 Å². The van der Waals surface area contributed by atoms with Gasteiger partial charge in [0, 0.05) is 0 Å². The van der Waals surface area contributed by atoms with Crippen LogP contribution in [0.1, 0.15) is 11.1 Å². The summed E-state index contributed by atoms with van der Waals surface area (Å²) in [6.45, 7) is 2.65. The van der Waals surface area contributed by atoms with Gasteiger partial charge in [0.1, 0.15) is 19.0 Å². The molecule has 5 nitrogen and oxygen atoms in total. The number of aryl methyl sites for hydroxylation is 1. The molecule has 1 fully saturated rings. The fraction of sp³-hybridized carbons (Fsp3) is 0.154. The highest BCUT2D eigenvalue weighted by Gasteiger charge is 2.33. The monoisotopic (exact) mass is 511 g/mol. The molecule has 0 saturated carbocycles. The van der Waals surface area contributed by atoms with E-state index in [0.29, 0.717) is 44.5 Å². The van der Waals surface area contributed by atoms with E-state index in [1.54, 1.807) is 25.3 Å². The van der Waals surface area contributed by atoms with E-state index in [1.807, 2.05) is 61.5 Å². The van der Waals surface area contributed by atoms with Crippen molar-refractivity contribution < 1.29 is 19.0 Å². The Kier molecular flexibility index (Phi) is 7.77.